The molecule has 10 rings (SSSR count). The third-order valence-electron chi connectivity index (χ3n) is 12.6. The fourth-order valence-electron chi connectivity index (χ4n) is 9.49. The summed E-state index contributed by atoms with van der Waals surface area (Å²) < 4.78 is 0. The average molecular weight is 815 g/mol. The highest BCUT2D eigenvalue weighted by Gasteiger charge is 2.44. The zero-order valence-corrected chi connectivity index (χ0v) is 38.3. The molecule has 0 saturated heterocycles. The van der Waals surface area contributed by atoms with E-state index in [0.29, 0.717) is 23.7 Å². The first kappa shape index (κ1) is 43.5. The molecule has 4 aromatic rings. The van der Waals surface area contributed by atoms with E-state index in [9.17, 15) is 0 Å². The quantitative estimate of drug-likeness (QED) is 0.186. The van der Waals surface area contributed by atoms with Gasteiger partial charge in [0.15, 0.2) is 0 Å². The Labute approximate surface area is 371 Å². The topological polar surface area (TPSA) is 0 Å². The molecule has 308 valence electrons. The largest absolute Gasteiger partial charge is 0.121 e. The second-order valence-electron chi connectivity index (χ2n) is 17.3. The Morgan fingerprint density at radius 2 is 1.41 bits per heavy atom. The van der Waals surface area contributed by atoms with Crippen LogP contribution in [0.4, 0.5) is 0 Å². The van der Waals surface area contributed by atoms with Gasteiger partial charge in [0, 0.05) is 22.6 Å². The second-order valence-corrected chi connectivity index (χ2v) is 18.4. The first-order valence-electron chi connectivity index (χ1n) is 22.3. The van der Waals surface area contributed by atoms with Crippen LogP contribution in [0.1, 0.15) is 107 Å². The summed E-state index contributed by atoms with van der Waals surface area (Å²) in [6.07, 6.45) is 37.0. The van der Waals surface area contributed by atoms with E-state index in [1.807, 2.05) is 49.9 Å². The van der Waals surface area contributed by atoms with Gasteiger partial charge in [0.25, 0.3) is 0 Å². The molecular weight excluding hydrogens is 753 g/mol. The highest BCUT2D eigenvalue weighted by Crippen LogP contribution is 2.54. The van der Waals surface area contributed by atoms with Crippen LogP contribution >= 0.6 is 11.8 Å². The molecule has 61 heavy (non-hydrogen) atoms. The van der Waals surface area contributed by atoms with Crippen LogP contribution in [-0.4, -0.2) is 0 Å². The summed E-state index contributed by atoms with van der Waals surface area (Å²) >= 11 is 1.95. The second kappa shape index (κ2) is 19.9. The molecule has 0 N–H and O–H groups in total. The minimum atomic E-state index is 0.273. The molecule has 5 aliphatic carbocycles. The van der Waals surface area contributed by atoms with Crippen LogP contribution in [0.3, 0.4) is 0 Å². The lowest BCUT2D eigenvalue weighted by Gasteiger charge is -2.30. The summed E-state index contributed by atoms with van der Waals surface area (Å²) in [6.45, 7) is 17.5. The van der Waals surface area contributed by atoms with E-state index in [-0.39, 0.29) is 5.41 Å². The Hall–Kier alpha value is -5.59. The van der Waals surface area contributed by atoms with Gasteiger partial charge < -0.3 is 0 Å². The molecule has 0 aromatic heterocycles. The van der Waals surface area contributed by atoms with E-state index in [2.05, 4.69) is 205 Å². The van der Waals surface area contributed by atoms with Gasteiger partial charge in [-0.3, -0.25) is 0 Å². The summed E-state index contributed by atoms with van der Waals surface area (Å²) in [5.41, 5.74) is 19.9. The van der Waals surface area contributed by atoms with Crippen molar-refractivity contribution in [2.24, 2.45) is 5.92 Å². The molecule has 0 bridgehead atoms. The van der Waals surface area contributed by atoms with Crippen LogP contribution < -0.4 is 0 Å². The molecule has 1 aliphatic heterocycles. The number of benzene rings is 4. The van der Waals surface area contributed by atoms with E-state index in [4.69, 9.17) is 0 Å². The monoisotopic (exact) mass is 814 g/mol. The Kier molecular flexibility index (Phi) is 14.2. The number of fused-ring (bicyclic) bond motifs is 6. The molecule has 0 amide bonds. The van der Waals surface area contributed by atoms with Gasteiger partial charge in [-0.25, -0.2) is 0 Å². The number of allylic oxidation sites excluding steroid dienone is 19. The van der Waals surface area contributed by atoms with Crippen LogP contribution in [0, 0.1) is 12.8 Å². The standard InChI is InChI=1S/C34H30S.C16H18.C8H8.C2H6/c1-23-10-4-3-5-11-27(20-23)29-12-6-7-13-30(29)28-18-16-25(21-24(28)2)26-17-19-32-31-14-8-9-15-33(31)35-34(32)22-26;1-11-8-9-15-13(10-11)12-6-4-5-7-14(12)16(15,2)3;1-8-6-4-2-3-5-7-8;1-2/h3-13,15-19,21-22,27,31H,14,20H2,1-2H3;4-10,13,15H,1-3H3;2-4,6-7H,1H3;1-2H3/b4-3-,11-5-,23-10+;;;. The van der Waals surface area contributed by atoms with Crippen molar-refractivity contribution >= 4 is 11.8 Å². The predicted molar refractivity (Wildman–Crippen MR) is 267 cm³/mol. The molecule has 0 radical (unpaired) electrons. The summed E-state index contributed by atoms with van der Waals surface area (Å²) in [4.78, 5) is 2.91. The van der Waals surface area contributed by atoms with E-state index < -0.39 is 0 Å². The molecule has 0 fully saturated rings. The lowest BCUT2D eigenvalue weighted by molar-refractivity contribution is 0.393. The first-order valence-corrected chi connectivity index (χ1v) is 23.1. The molecule has 4 aromatic carbocycles. The average Bonchev–Trinajstić information content (AvgIpc) is 3.62. The van der Waals surface area contributed by atoms with Gasteiger partial charge in [-0.05, 0) is 131 Å². The lowest BCUT2D eigenvalue weighted by atomic mass is 9.74. The Bertz CT molecular complexity index is 2590. The fourth-order valence-corrected chi connectivity index (χ4v) is 10.8. The number of thioether (sulfide) groups is 1. The number of hydrogen-bond donors (Lipinski definition) is 0. The maximum absolute atomic E-state index is 2.99. The summed E-state index contributed by atoms with van der Waals surface area (Å²) in [5, 5.41) is 0. The van der Waals surface area contributed by atoms with Crippen LogP contribution in [0.15, 0.2) is 214 Å². The van der Waals surface area contributed by atoms with E-state index in [1.54, 1.807) is 0 Å². The summed E-state index contributed by atoms with van der Waals surface area (Å²) in [7, 11) is 0. The molecule has 4 unspecified atom stereocenters. The van der Waals surface area contributed by atoms with Gasteiger partial charge in [0.1, 0.15) is 0 Å². The van der Waals surface area contributed by atoms with Crippen molar-refractivity contribution in [1.29, 1.82) is 0 Å². The molecule has 6 aliphatic rings. The fraction of sp³-hybridized carbons (Fsp3) is 0.250. The zero-order chi connectivity index (χ0) is 42.9. The van der Waals surface area contributed by atoms with Crippen molar-refractivity contribution in [3.8, 4) is 22.3 Å². The molecular formula is C60H62S. The van der Waals surface area contributed by atoms with Crippen molar-refractivity contribution in [2.45, 2.75) is 96.3 Å². The summed E-state index contributed by atoms with van der Waals surface area (Å²) in [6, 6.07) is 31.9. The Morgan fingerprint density at radius 1 is 0.656 bits per heavy atom. The lowest BCUT2D eigenvalue weighted by Crippen LogP contribution is -2.24. The Morgan fingerprint density at radius 3 is 2.25 bits per heavy atom. The van der Waals surface area contributed by atoms with Crippen molar-refractivity contribution < 1.29 is 0 Å². The van der Waals surface area contributed by atoms with E-state index >= 15 is 0 Å². The highest BCUT2D eigenvalue weighted by atomic mass is 32.2. The van der Waals surface area contributed by atoms with Gasteiger partial charge in [0.05, 0.1) is 0 Å². The van der Waals surface area contributed by atoms with Crippen molar-refractivity contribution in [3.05, 3.63) is 237 Å². The predicted octanol–water partition coefficient (Wildman–Crippen LogP) is 17.3. The minimum absolute atomic E-state index is 0.273. The molecule has 0 spiro atoms. The van der Waals surface area contributed by atoms with Crippen LogP contribution in [0.5, 0.6) is 0 Å². The van der Waals surface area contributed by atoms with Gasteiger partial charge in [-0.15, -0.1) is 5.73 Å². The molecule has 1 heterocycles. The van der Waals surface area contributed by atoms with Gasteiger partial charge in [-0.1, -0.05) is 215 Å². The first-order chi connectivity index (χ1) is 29.7. The third kappa shape index (κ3) is 9.81. The van der Waals surface area contributed by atoms with Gasteiger partial charge in [-0.2, -0.15) is 0 Å². The molecule has 1 heteroatoms. The SMILES string of the molecule is CC.CC1=CC2c3ccccc3C(C)(C)C2C=C1.CC1=CC=CC=C=C1.C\C1=C/C=C\C=C/C(c2ccccc2-c2ccc(-c3ccc4c(c3)SC3=CC=CCC34)cc2C)C1. The van der Waals surface area contributed by atoms with Crippen LogP contribution in [0.2, 0.25) is 0 Å². The molecule has 4 atom stereocenters. The molecule has 0 saturated carbocycles. The Balaban J connectivity index is 0.000000176. The van der Waals surface area contributed by atoms with Crippen molar-refractivity contribution in [1.82, 2.24) is 0 Å². The third-order valence-corrected chi connectivity index (χ3v) is 13.9. The van der Waals surface area contributed by atoms with Gasteiger partial charge >= 0.3 is 0 Å². The minimum Gasteiger partial charge on any atom is -0.121 e. The highest BCUT2D eigenvalue weighted by molar-refractivity contribution is 8.03. The van der Waals surface area contributed by atoms with Crippen LogP contribution in [0.25, 0.3) is 22.3 Å². The normalized spacial score (nSPS) is 23.6. The van der Waals surface area contributed by atoms with Gasteiger partial charge in [0.2, 0.25) is 0 Å². The maximum atomic E-state index is 2.99. The number of hydrogen-bond acceptors (Lipinski definition) is 1. The molecule has 0 nitrogen and oxygen atoms in total. The number of aryl methyl sites for hydroxylation is 1. The van der Waals surface area contributed by atoms with Crippen molar-refractivity contribution in [2.75, 3.05) is 0 Å². The number of rotatable bonds is 3. The van der Waals surface area contributed by atoms with E-state index in [1.165, 1.54) is 76.6 Å². The zero-order valence-electron chi connectivity index (χ0n) is 37.5. The van der Waals surface area contributed by atoms with Crippen molar-refractivity contribution in [3.63, 3.8) is 0 Å². The van der Waals surface area contributed by atoms with Crippen LogP contribution in [-0.2, 0) is 5.41 Å². The summed E-state index contributed by atoms with van der Waals surface area (Å²) in [5.74, 6) is 2.17. The van der Waals surface area contributed by atoms with E-state index in [0.717, 1.165) is 12.8 Å². The maximum Gasteiger partial charge on any atom is 0.0199 e. The smallest absolute Gasteiger partial charge is 0.0199 e.